The van der Waals surface area contributed by atoms with E-state index in [1.807, 2.05) is 6.07 Å². The Balaban J connectivity index is 2.08. The molecule has 1 aromatic rings. The molecule has 0 bridgehead atoms. The maximum absolute atomic E-state index is 14.0. The van der Waals surface area contributed by atoms with Crippen LogP contribution in [0.2, 0.25) is 0 Å². The molecule has 0 unspecified atom stereocenters. The van der Waals surface area contributed by atoms with Crippen LogP contribution in [0, 0.1) is 5.82 Å². The number of hydrogen-bond acceptors (Lipinski definition) is 4. The van der Waals surface area contributed by atoms with Crippen molar-refractivity contribution in [3.05, 3.63) is 29.6 Å². The van der Waals surface area contributed by atoms with Gasteiger partial charge in [-0.05, 0) is 17.7 Å². The summed E-state index contributed by atoms with van der Waals surface area (Å²) in [6.07, 6.45) is 1.17. The average molecular weight is 268 g/mol. The molecule has 1 aliphatic heterocycles. The molecule has 0 radical (unpaired) electrons. The van der Waals surface area contributed by atoms with Crippen LogP contribution in [-0.2, 0) is 11.3 Å². The summed E-state index contributed by atoms with van der Waals surface area (Å²) >= 11 is 0. The van der Waals surface area contributed by atoms with Gasteiger partial charge in [0.25, 0.3) is 0 Å². The molecule has 5 heteroatoms. The molecule has 1 heterocycles. The van der Waals surface area contributed by atoms with Crippen molar-refractivity contribution in [3.63, 3.8) is 0 Å². The molecule has 1 aliphatic rings. The minimum Gasteiger partial charge on any atom is -0.388 e. The molecular formula is C14H21FN2O2. The first kappa shape index (κ1) is 14.2. The predicted molar refractivity (Wildman–Crippen MR) is 72.6 cm³/mol. The zero-order valence-electron chi connectivity index (χ0n) is 11.2. The van der Waals surface area contributed by atoms with E-state index < -0.39 is 5.60 Å². The molecule has 106 valence electrons. The molecule has 0 aliphatic carbocycles. The van der Waals surface area contributed by atoms with Crippen LogP contribution in [0.25, 0.3) is 0 Å². The molecule has 0 aromatic heterocycles. The highest BCUT2D eigenvalue weighted by molar-refractivity contribution is 5.48. The van der Waals surface area contributed by atoms with E-state index in [2.05, 4.69) is 0 Å². The molecule has 0 spiro atoms. The Bertz CT molecular complexity index is 433. The van der Waals surface area contributed by atoms with Gasteiger partial charge in [-0.1, -0.05) is 6.07 Å². The van der Waals surface area contributed by atoms with Gasteiger partial charge >= 0.3 is 0 Å². The second-order valence-electron chi connectivity index (χ2n) is 5.18. The largest absolute Gasteiger partial charge is 0.388 e. The third kappa shape index (κ3) is 3.43. The van der Waals surface area contributed by atoms with Crippen LogP contribution in [-0.4, -0.2) is 37.5 Å². The summed E-state index contributed by atoms with van der Waals surface area (Å²) in [4.78, 5) is 1.75. The summed E-state index contributed by atoms with van der Waals surface area (Å²) in [5.41, 5.74) is 5.93. The maximum Gasteiger partial charge on any atom is 0.146 e. The number of hydrogen-bond donors (Lipinski definition) is 2. The van der Waals surface area contributed by atoms with Crippen molar-refractivity contribution in [3.8, 4) is 0 Å². The van der Waals surface area contributed by atoms with Crippen LogP contribution in [0.15, 0.2) is 18.2 Å². The lowest BCUT2D eigenvalue weighted by molar-refractivity contribution is -0.0573. The fraction of sp³-hybridized carbons (Fsp3) is 0.571. The Morgan fingerprint density at radius 2 is 2.11 bits per heavy atom. The van der Waals surface area contributed by atoms with E-state index in [1.54, 1.807) is 18.0 Å². The lowest BCUT2D eigenvalue weighted by atomic mass is 9.93. The van der Waals surface area contributed by atoms with E-state index in [0.29, 0.717) is 44.8 Å². The highest BCUT2D eigenvalue weighted by Crippen LogP contribution is 2.26. The molecule has 2 rings (SSSR count). The van der Waals surface area contributed by atoms with E-state index in [0.717, 1.165) is 5.56 Å². The van der Waals surface area contributed by atoms with Crippen LogP contribution in [0.1, 0.15) is 18.4 Å². The minimum absolute atomic E-state index is 0.305. The Morgan fingerprint density at radius 3 is 2.68 bits per heavy atom. The van der Waals surface area contributed by atoms with Gasteiger partial charge < -0.3 is 20.5 Å². The van der Waals surface area contributed by atoms with Crippen molar-refractivity contribution in [2.24, 2.45) is 5.73 Å². The van der Waals surface area contributed by atoms with Crippen molar-refractivity contribution in [1.29, 1.82) is 0 Å². The number of nitrogens with zero attached hydrogens (tertiary/aromatic N) is 1. The van der Waals surface area contributed by atoms with Crippen molar-refractivity contribution in [2.75, 3.05) is 31.7 Å². The first-order valence-corrected chi connectivity index (χ1v) is 6.54. The molecule has 4 nitrogen and oxygen atoms in total. The SMILES string of the molecule is CN(CC1(O)CCOCC1)c1ccc(CN)cc1F. The van der Waals surface area contributed by atoms with Crippen LogP contribution in [0.4, 0.5) is 10.1 Å². The Labute approximate surface area is 113 Å². The molecule has 1 saturated heterocycles. The van der Waals surface area contributed by atoms with E-state index in [9.17, 15) is 9.50 Å². The Morgan fingerprint density at radius 1 is 1.42 bits per heavy atom. The average Bonchev–Trinajstić information content (AvgIpc) is 2.38. The highest BCUT2D eigenvalue weighted by Gasteiger charge is 2.31. The number of anilines is 1. The Hall–Kier alpha value is -1.17. The Kier molecular flexibility index (Phi) is 4.39. The summed E-state index contributed by atoms with van der Waals surface area (Å²) in [7, 11) is 1.79. The van der Waals surface area contributed by atoms with E-state index >= 15 is 0 Å². The van der Waals surface area contributed by atoms with E-state index in [-0.39, 0.29) is 5.82 Å². The summed E-state index contributed by atoms with van der Waals surface area (Å²) in [6, 6.07) is 4.96. The molecular weight excluding hydrogens is 247 g/mol. The zero-order chi connectivity index (χ0) is 13.9. The normalized spacial score (nSPS) is 18.3. The van der Waals surface area contributed by atoms with Gasteiger partial charge in [0, 0.05) is 46.2 Å². The number of halogens is 1. The quantitative estimate of drug-likeness (QED) is 0.863. The molecule has 3 N–H and O–H groups in total. The summed E-state index contributed by atoms with van der Waals surface area (Å²) in [5.74, 6) is -0.305. The number of benzene rings is 1. The monoisotopic (exact) mass is 268 g/mol. The van der Waals surface area contributed by atoms with Gasteiger partial charge in [-0.2, -0.15) is 0 Å². The minimum atomic E-state index is -0.800. The van der Waals surface area contributed by atoms with Crippen LogP contribution < -0.4 is 10.6 Å². The van der Waals surface area contributed by atoms with Gasteiger partial charge in [0.2, 0.25) is 0 Å². The number of ether oxygens (including phenoxy) is 1. The summed E-state index contributed by atoms with van der Waals surface area (Å²) < 4.78 is 19.2. The fourth-order valence-electron chi connectivity index (χ4n) is 2.42. The predicted octanol–water partition coefficient (Wildman–Crippen LogP) is 1.26. The van der Waals surface area contributed by atoms with Crippen LogP contribution in [0.5, 0.6) is 0 Å². The van der Waals surface area contributed by atoms with Gasteiger partial charge in [-0.15, -0.1) is 0 Å². The van der Waals surface area contributed by atoms with Crippen molar-refractivity contribution >= 4 is 5.69 Å². The molecule has 0 amide bonds. The second kappa shape index (κ2) is 5.86. The van der Waals surface area contributed by atoms with Crippen molar-refractivity contribution in [2.45, 2.75) is 25.0 Å². The fourth-order valence-corrected chi connectivity index (χ4v) is 2.42. The lowest BCUT2D eigenvalue weighted by Gasteiger charge is -2.36. The van der Waals surface area contributed by atoms with Gasteiger partial charge in [0.1, 0.15) is 5.82 Å². The van der Waals surface area contributed by atoms with Crippen LogP contribution >= 0.6 is 0 Å². The topological polar surface area (TPSA) is 58.7 Å². The summed E-state index contributed by atoms with van der Waals surface area (Å²) in [6.45, 7) is 1.83. The molecule has 1 fully saturated rings. The molecule has 19 heavy (non-hydrogen) atoms. The van der Waals surface area contributed by atoms with Crippen LogP contribution in [0.3, 0.4) is 0 Å². The van der Waals surface area contributed by atoms with Gasteiger partial charge in [-0.25, -0.2) is 4.39 Å². The number of rotatable bonds is 4. The number of nitrogens with two attached hydrogens (primary N) is 1. The lowest BCUT2D eigenvalue weighted by Crippen LogP contribution is -2.46. The first-order valence-electron chi connectivity index (χ1n) is 6.54. The van der Waals surface area contributed by atoms with Gasteiger partial charge in [-0.3, -0.25) is 0 Å². The molecule has 1 aromatic carbocycles. The molecule has 0 saturated carbocycles. The smallest absolute Gasteiger partial charge is 0.146 e. The maximum atomic E-state index is 14.0. The third-order valence-corrected chi connectivity index (χ3v) is 3.61. The van der Waals surface area contributed by atoms with Crippen molar-refractivity contribution < 1.29 is 14.2 Å². The standard InChI is InChI=1S/C14H21FN2O2/c1-17(10-14(18)4-6-19-7-5-14)13-3-2-11(9-16)8-12(13)15/h2-3,8,18H,4-7,9-10,16H2,1H3. The van der Waals surface area contributed by atoms with E-state index in [4.69, 9.17) is 10.5 Å². The first-order chi connectivity index (χ1) is 9.04. The summed E-state index contributed by atoms with van der Waals surface area (Å²) in [5, 5.41) is 10.4. The molecule has 0 atom stereocenters. The zero-order valence-corrected chi connectivity index (χ0v) is 11.2. The van der Waals surface area contributed by atoms with E-state index in [1.165, 1.54) is 6.07 Å². The third-order valence-electron chi connectivity index (χ3n) is 3.61. The van der Waals surface area contributed by atoms with Crippen molar-refractivity contribution in [1.82, 2.24) is 0 Å². The highest BCUT2D eigenvalue weighted by atomic mass is 19.1. The van der Waals surface area contributed by atoms with Gasteiger partial charge in [0.15, 0.2) is 0 Å². The van der Waals surface area contributed by atoms with Gasteiger partial charge in [0.05, 0.1) is 11.3 Å². The number of likely N-dealkylation sites (N-methyl/N-ethyl adjacent to an activating group) is 1. The number of aliphatic hydroxyl groups is 1. The second-order valence-corrected chi connectivity index (χ2v) is 5.18.